The molecule has 48 heavy (non-hydrogen) atoms. The SMILES string of the molecule is COC(=O)N[C@H](C(=O)Nc1cccc(F)c1CC[C@H]1CN[C@@H]2CCCS(=O)(=O)N1C2)[C@@H](c1ccc(Cl)cc1)C1CCC(C(F)(F)F)OC1. The summed E-state index contributed by atoms with van der Waals surface area (Å²) in [6, 6.07) is 8.78. The molecular formula is C32H39ClF4N4O6S. The van der Waals surface area contributed by atoms with E-state index >= 15 is 4.39 Å². The Kier molecular flexibility index (Phi) is 11.6. The Morgan fingerprint density at radius 1 is 1.15 bits per heavy atom. The van der Waals surface area contributed by atoms with E-state index in [-0.39, 0.29) is 55.3 Å². The summed E-state index contributed by atoms with van der Waals surface area (Å²) in [6.07, 6.45) is -6.10. The molecule has 16 heteroatoms. The van der Waals surface area contributed by atoms with Crippen LogP contribution in [0.2, 0.25) is 5.02 Å². The molecule has 3 saturated heterocycles. The molecule has 0 radical (unpaired) electrons. The van der Waals surface area contributed by atoms with Crippen LogP contribution < -0.4 is 16.0 Å². The molecule has 0 aliphatic carbocycles. The number of hydrogen-bond acceptors (Lipinski definition) is 7. The van der Waals surface area contributed by atoms with Crippen LogP contribution in [0.1, 0.15) is 49.1 Å². The van der Waals surface area contributed by atoms with Crippen molar-refractivity contribution >= 4 is 39.3 Å². The van der Waals surface area contributed by atoms with E-state index in [1.807, 2.05) is 0 Å². The predicted molar refractivity (Wildman–Crippen MR) is 171 cm³/mol. The van der Waals surface area contributed by atoms with Gasteiger partial charge in [-0.1, -0.05) is 29.8 Å². The van der Waals surface area contributed by atoms with Gasteiger partial charge in [-0.3, -0.25) is 4.79 Å². The molecule has 3 fully saturated rings. The minimum atomic E-state index is -4.55. The van der Waals surface area contributed by atoms with Gasteiger partial charge in [0.25, 0.3) is 0 Å². The number of halogens is 5. The lowest BCUT2D eigenvalue weighted by Crippen LogP contribution is -2.57. The van der Waals surface area contributed by atoms with Gasteiger partial charge in [-0.05, 0) is 74.3 Å². The molecule has 264 valence electrons. The van der Waals surface area contributed by atoms with Crippen LogP contribution in [0.15, 0.2) is 42.5 Å². The van der Waals surface area contributed by atoms with E-state index in [4.69, 9.17) is 21.1 Å². The van der Waals surface area contributed by atoms with Crippen molar-refractivity contribution in [1.82, 2.24) is 14.9 Å². The fraction of sp³-hybridized carbons (Fsp3) is 0.562. The third kappa shape index (κ3) is 8.59. The Hall–Kier alpha value is -2.98. The molecule has 2 aromatic carbocycles. The Labute approximate surface area is 281 Å². The molecule has 2 bridgehead atoms. The van der Waals surface area contributed by atoms with Crippen LogP contribution in [0.4, 0.5) is 28.0 Å². The van der Waals surface area contributed by atoms with Crippen molar-refractivity contribution in [2.24, 2.45) is 5.92 Å². The van der Waals surface area contributed by atoms with Gasteiger partial charge in [0, 0.05) is 47.4 Å². The number of hydrogen-bond donors (Lipinski definition) is 3. The molecule has 3 aliphatic heterocycles. The first kappa shape index (κ1) is 36.3. The maximum absolute atomic E-state index is 15.4. The summed E-state index contributed by atoms with van der Waals surface area (Å²) >= 11 is 6.10. The lowest BCUT2D eigenvalue weighted by atomic mass is 9.76. The summed E-state index contributed by atoms with van der Waals surface area (Å²) in [7, 11) is -2.37. The van der Waals surface area contributed by atoms with E-state index in [0.29, 0.717) is 30.1 Å². The lowest BCUT2D eigenvalue weighted by molar-refractivity contribution is -0.236. The van der Waals surface area contributed by atoms with Gasteiger partial charge < -0.3 is 25.4 Å². The molecule has 10 nitrogen and oxygen atoms in total. The van der Waals surface area contributed by atoms with Crippen LogP contribution in [0.5, 0.6) is 0 Å². The normalized spacial score (nSPS) is 26.8. The summed E-state index contributed by atoms with van der Waals surface area (Å²) in [5.41, 5.74) is 0.772. The largest absolute Gasteiger partial charge is 0.453 e. The molecule has 3 N–H and O–H groups in total. The average molecular weight is 719 g/mol. The fourth-order valence-corrected chi connectivity index (χ4v) is 8.87. The molecule has 3 heterocycles. The van der Waals surface area contributed by atoms with Crippen LogP contribution in [-0.4, -0.2) is 87.7 Å². The standard InChI is InChI=1S/C32H39ClF4N4O6S/c1-46-31(43)40-29(28(19-7-10-21(33)11-8-19)20-9-14-27(47-18-20)32(35,36)37)30(42)39-26-6-2-5-25(34)24(26)13-12-23-16-38-22-4-3-15-48(44,45)41(23)17-22/h2,5-8,10-11,20,22-23,27-29,38H,3-4,9,12-18H2,1H3,(H,39,42)(H,40,43)/t20?,22-,23+,27?,28+,29+/m1/s1. The van der Waals surface area contributed by atoms with Gasteiger partial charge in [0.1, 0.15) is 11.9 Å². The number of ether oxygens (including phenoxy) is 2. The molecule has 2 aromatic rings. The van der Waals surface area contributed by atoms with Crippen LogP contribution in [0.3, 0.4) is 0 Å². The summed E-state index contributed by atoms with van der Waals surface area (Å²) in [5, 5.41) is 9.04. The summed E-state index contributed by atoms with van der Waals surface area (Å²) in [4.78, 5) is 26.7. The van der Waals surface area contributed by atoms with Crippen molar-refractivity contribution in [3.05, 3.63) is 64.4 Å². The average Bonchev–Trinajstić information content (AvgIpc) is 3.16. The minimum Gasteiger partial charge on any atom is -0.453 e. The number of benzene rings is 2. The summed E-state index contributed by atoms with van der Waals surface area (Å²) in [5.74, 6) is -2.85. The molecule has 2 amide bonds. The van der Waals surface area contributed by atoms with E-state index in [1.54, 1.807) is 24.3 Å². The van der Waals surface area contributed by atoms with Crippen molar-refractivity contribution in [1.29, 1.82) is 0 Å². The van der Waals surface area contributed by atoms with Crippen LogP contribution in [-0.2, 0) is 30.7 Å². The highest BCUT2D eigenvalue weighted by Gasteiger charge is 2.46. The second-order valence-electron chi connectivity index (χ2n) is 12.5. The molecule has 0 saturated carbocycles. The van der Waals surface area contributed by atoms with E-state index in [0.717, 1.165) is 13.5 Å². The Bertz CT molecular complexity index is 1560. The number of sulfonamides is 1. The van der Waals surface area contributed by atoms with Crippen molar-refractivity contribution in [2.75, 3.05) is 37.9 Å². The second-order valence-corrected chi connectivity index (χ2v) is 15.0. The number of alkyl halides is 3. The number of carbonyl (C=O) groups excluding carboxylic acids is 2. The van der Waals surface area contributed by atoms with E-state index in [9.17, 15) is 31.2 Å². The van der Waals surface area contributed by atoms with Gasteiger partial charge in [0.2, 0.25) is 15.9 Å². The van der Waals surface area contributed by atoms with Crippen molar-refractivity contribution < 1.29 is 45.0 Å². The zero-order chi connectivity index (χ0) is 34.6. The zero-order valence-corrected chi connectivity index (χ0v) is 27.8. The van der Waals surface area contributed by atoms with E-state index in [1.165, 1.54) is 22.5 Å². The highest BCUT2D eigenvalue weighted by molar-refractivity contribution is 7.89. The third-order valence-corrected chi connectivity index (χ3v) is 11.6. The van der Waals surface area contributed by atoms with Gasteiger partial charge in [0.05, 0.1) is 19.5 Å². The minimum absolute atomic E-state index is 0.0327. The van der Waals surface area contributed by atoms with Crippen LogP contribution >= 0.6 is 11.6 Å². The summed E-state index contributed by atoms with van der Waals surface area (Å²) < 4.78 is 93.0. The first-order valence-electron chi connectivity index (χ1n) is 15.9. The number of fused-ring (bicyclic) bond motifs is 2. The third-order valence-electron chi connectivity index (χ3n) is 9.41. The van der Waals surface area contributed by atoms with Gasteiger partial charge in [0.15, 0.2) is 6.10 Å². The zero-order valence-electron chi connectivity index (χ0n) is 26.3. The number of rotatable bonds is 9. The van der Waals surface area contributed by atoms with Gasteiger partial charge in [-0.2, -0.15) is 17.5 Å². The first-order valence-corrected chi connectivity index (χ1v) is 17.8. The molecule has 7 atom stereocenters. The number of anilines is 1. The second kappa shape index (κ2) is 15.3. The Morgan fingerprint density at radius 3 is 2.56 bits per heavy atom. The molecule has 0 spiro atoms. The molecule has 3 aliphatic rings. The van der Waals surface area contributed by atoms with Crippen molar-refractivity contribution in [3.8, 4) is 0 Å². The smallest absolute Gasteiger partial charge is 0.414 e. The maximum atomic E-state index is 15.4. The molecular weight excluding hydrogens is 680 g/mol. The number of methoxy groups -OCH3 is 1. The number of nitrogens with zero attached hydrogens (tertiary/aromatic N) is 1. The van der Waals surface area contributed by atoms with Gasteiger partial charge in [-0.15, -0.1) is 0 Å². The quantitative estimate of drug-likeness (QED) is 0.313. The van der Waals surface area contributed by atoms with Crippen LogP contribution in [0, 0.1) is 11.7 Å². The van der Waals surface area contributed by atoms with Gasteiger partial charge >= 0.3 is 12.3 Å². The Morgan fingerprint density at radius 2 is 1.90 bits per heavy atom. The number of nitrogens with one attached hydrogen (secondary N) is 3. The highest BCUT2D eigenvalue weighted by Crippen LogP contribution is 2.40. The predicted octanol–water partition coefficient (Wildman–Crippen LogP) is 4.98. The molecule has 3 unspecified atom stereocenters. The topological polar surface area (TPSA) is 126 Å². The number of alkyl carbamates (subject to hydrolysis) is 1. The van der Waals surface area contributed by atoms with E-state index < -0.39 is 64.0 Å². The summed E-state index contributed by atoms with van der Waals surface area (Å²) in [6.45, 7) is 0.410. The van der Waals surface area contributed by atoms with Gasteiger partial charge in [-0.25, -0.2) is 17.6 Å². The Balaban J connectivity index is 1.41. The molecule has 0 aromatic heterocycles. The van der Waals surface area contributed by atoms with Crippen molar-refractivity contribution in [3.63, 3.8) is 0 Å². The molecule has 5 rings (SSSR count). The maximum Gasteiger partial charge on any atom is 0.414 e. The van der Waals surface area contributed by atoms with E-state index in [2.05, 4.69) is 16.0 Å². The highest BCUT2D eigenvalue weighted by atomic mass is 35.5. The number of amides is 2. The lowest BCUT2D eigenvalue weighted by Gasteiger charge is -2.38. The fourth-order valence-electron chi connectivity index (χ4n) is 6.94. The first-order chi connectivity index (χ1) is 22.8. The monoisotopic (exact) mass is 718 g/mol. The van der Waals surface area contributed by atoms with Crippen LogP contribution in [0.25, 0.3) is 0 Å². The van der Waals surface area contributed by atoms with Crippen molar-refractivity contribution in [2.45, 2.75) is 74.8 Å². The number of piperazine rings is 1. The number of carbonyl (C=O) groups is 2.